The van der Waals surface area contributed by atoms with Crippen LogP contribution in [0, 0.1) is 0 Å². The van der Waals surface area contributed by atoms with Crippen LogP contribution in [0.5, 0.6) is 0 Å². The lowest BCUT2D eigenvalue weighted by Gasteiger charge is -2.09. The van der Waals surface area contributed by atoms with Crippen LogP contribution in [0.1, 0.15) is 37.3 Å². The van der Waals surface area contributed by atoms with Gasteiger partial charge in [0.05, 0.1) is 17.5 Å². The summed E-state index contributed by atoms with van der Waals surface area (Å²) in [4.78, 5) is 18.3. The largest absolute Gasteiger partial charge is 0.367 e. The zero-order chi connectivity index (χ0) is 10.8. The minimum absolute atomic E-state index is 0.0722. The van der Waals surface area contributed by atoms with Gasteiger partial charge in [0, 0.05) is 6.20 Å². The van der Waals surface area contributed by atoms with Gasteiger partial charge in [-0.3, -0.25) is 4.79 Å². The minimum Gasteiger partial charge on any atom is -0.367 e. The Hall–Kier alpha value is -0.870. The summed E-state index contributed by atoms with van der Waals surface area (Å²) >= 11 is 5.58. The Morgan fingerprint density at radius 1 is 1.67 bits per heavy atom. The second-order valence-corrected chi connectivity index (χ2v) is 4.04. The average molecular weight is 229 g/mol. The lowest BCUT2D eigenvalue weighted by molar-refractivity contribution is 0.0501. The van der Waals surface area contributed by atoms with Gasteiger partial charge in [0.2, 0.25) is 0 Å². The number of hydrogen-bond donors (Lipinski definition) is 1. The molecule has 1 fully saturated rings. The van der Waals surface area contributed by atoms with Gasteiger partial charge in [0.1, 0.15) is 11.9 Å². The molecule has 1 aliphatic rings. The first-order valence-electron chi connectivity index (χ1n) is 5.00. The van der Waals surface area contributed by atoms with Crippen LogP contribution >= 0.6 is 11.6 Å². The van der Waals surface area contributed by atoms with Gasteiger partial charge in [-0.05, 0) is 19.8 Å². The third-order valence-corrected chi connectivity index (χ3v) is 2.86. The summed E-state index contributed by atoms with van der Waals surface area (Å²) in [6, 6.07) is 0. The van der Waals surface area contributed by atoms with E-state index in [1.807, 2.05) is 6.92 Å². The van der Waals surface area contributed by atoms with Crippen LogP contribution in [-0.2, 0) is 10.6 Å². The fraction of sp³-hybridized carbons (Fsp3) is 0.600. The number of aromatic amines is 1. The molecule has 0 aromatic carbocycles. The van der Waals surface area contributed by atoms with Crippen molar-refractivity contribution < 1.29 is 4.74 Å². The van der Waals surface area contributed by atoms with Crippen molar-refractivity contribution in [2.24, 2.45) is 0 Å². The van der Waals surface area contributed by atoms with Crippen LogP contribution in [0.4, 0.5) is 0 Å². The number of halogens is 1. The Morgan fingerprint density at radius 3 is 3.00 bits per heavy atom. The molecule has 0 saturated carbocycles. The van der Waals surface area contributed by atoms with Gasteiger partial charge >= 0.3 is 0 Å². The lowest BCUT2D eigenvalue weighted by Crippen LogP contribution is -2.17. The summed E-state index contributed by atoms with van der Waals surface area (Å²) in [6.07, 6.45) is 3.61. The number of H-pyrrole nitrogens is 1. The Balaban J connectivity index is 2.23. The summed E-state index contributed by atoms with van der Waals surface area (Å²) in [7, 11) is 0. The number of nitrogens with zero attached hydrogens (tertiary/aromatic N) is 1. The van der Waals surface area contributed by atoms with Gasteiger partial charge in [-0.2, -0.15) is 0 Å². The Morgan fingerprint density at radius 2 is 2.47 bits per heavy atom. The first-order chi connectivity index (χ1) is 7.20. The van der Waals surface area contributed by atoms with Gasteiger partial charge < -0.3 is 9.72 Å². The maximum Gasteiger partial charge on any atom is 0.255 e. The van der Waals surface area contributed by atoms with Gasteiger partial charge in [0.15, 0.2) is 0 Å². The van der Waals surface area contributed by atoms with Gasteiger partial charge in [-0.15, -0.1) is 11.6 Å². The zero-order valence-corrected chi connectivity index (χ0v) is 9.25. The molecular formula is C10H13ClN2O2. The third kappa shape index (κ3) is 2.21. The molecule has 4 nitrogen and oxygen atoms in total. The maximum absolute atomic E-state index is 11.5. The summed E-state index contributed by atoms with van der Waals surface area (Å²) in [5, 5.41) is 0. The fourth-order valence-electron chi connectivity index (χ4n) is 1.70. The molecule has 0 bridgehead atoms. The third-order valence-electron chi connectivity index (χ3n) is 2.57. The molecule has 0 amide bonds. The number of rotatable bonds is 2. The van der Waals surface area contributed by atoms with Gasteiger partial charge in [0.25, 0.3) is 5.56 Å². The van der Waals surface area contributed by atoms with Crippen molar-refractivity contribution in [2.75, 3.05) is 0 Å². The number of hydrogen-bond acceptors (Lipinski definition) is 3. The lowest BCUT2D eigenvalue weighted by atomic mass is 10.2. The van der Waals surface area contributed by atoms with E-state index in [0.717, 1.165) is 12.8 Å². The van der Waals surface area contributed by atoms with Gasteiger partial charge in [-0.25, -0.2) is 4.98 Å². The van der Waals surface area contributed by atoms with Crippen LogP contribution in [0.25, 0.3) is 0 Å². The molecule has 2 atom stereocenters. The Kier molecular flexibility index (Phi) is 3.07. The van der Waals surface area contributed by atoms with E-state index in [-0.39, 0.29) is 23.6 Å². The highest BCUT2D eigenvalue weighted by molar-refractivity contribution is 6.16. The predicted molar refractivity (Wildman–Crippen MR) is 56.9 cm³/mol. The van der Waals surface area contributed by atoms with E-state index in [4.69, 9.17) is 16.3 Å². The van der Waals surface area contributed by atoms with E-state index in [1.54, 1.807) is 0 Å². The molecule has 15 heavy (non-hydrogen) atoms. The molecule has 0 aliphatic carbocycles. The van der Waals surface area contributed by atoms with Crippen molar-refractivity contribution in [3.05, 3.63) is 27.9 Å². The molecule has 1 aliphatic heterocycles. The molecule has 0 radical (unpaired) electrons. The van der Waals surface area contributed by atoms with Crippen molar-refractivity contribution in [3.63, 3.8) is 0 Å². The predicted octanol–water partition coefficient (Wildman–Crippen LogP) is 1.75. The molecule has 1 N–H and O–H groups in total. The standard InChI is InChI=1S/C10H13ClN2O2/c1-6-2-3-8(15-6)9-12-5-7(4-11)10(14)13-9/h5-6,8H,2-4H2,1H3,(H,12,13,14). The van der Waals surface area contributed by atoms with E-state index < -0.39 is 0 Å². The quantitative estimate of drug-likeness (QED) is 0.785. The Bertz CT molecular complexity index is 405. The van der Waals surface area contributed by atoms with Crippen molar-refractivity contribution in [2.45, 2.75) is 37.9 Å². The highest BCUT2D eigenvalue weighted by atomic mass is 35.5. The summed E-state index contributed by atoms with van der Waals surface area (Å²) in [5.41, 5.74) is 0.324. The normalized spacial score (nSPS) is 25.7. The first kappa shape index (κ1) is 10.6. The van der Waals surface area contributed by atoms with Crippen LogP contribution in [-0.4, -0.2) is 16.1 Å². The topological polar surface area (TPSA) is 55.0 Å². The van der Waals surface area contributed by atoms with E-state index >= 15 is 0 Å². The molecule has 1 saturated heterocycles. The van der Waals surface area contributed by atoms with Crippen LogP contribution in [0.2, 0.25) is 0 Å². The molecular weight excluding hydrogens is 216 g/mol. The highest BCUT2D eigenvalue weighted by Crippen LogP contribution is 2.29. The maximum atomic E-state index is 11.5. The van der Waals surface area contributed by atoms with Gasteiger partial charge in [-0.1, -0.05) is 0 Å². The molecule has 2 unspecified atom stereocenters. The van der Waals surface area contributed by atoms with Crippen LogP contribution in [0.15, 0.2) is 11.0 Å². The van der Waals surface area contributed by atoms with E-state index in [1.165, 1.54) is 6.20 Å². The van der Waals surface area contributed by atoms with E-state index in [9.17, 15) is 4.79 Å². The number of alkyl halides is 1. The highest BCUT2D eigenvalue weighted by Gasteiger charge is 2.25. The number of aromatic nitrogens is 2. The zero-order valence-electron chi connectivity index (χ0n) is 8.50. The van der Waals surface area contributed by atoms with Crippen molar-refractivity contribution >= 4 is 11.6 Å². The summed E-state index contributed by atoms with van der Waals surface area (Å²) in [6.45, 7) is 2.02. The number of ether oxygens (including phenoxy) is 1. The van der Waals surface area contributed by atoms with Crippen molar-refractivity contribution in [3.8, 4) is 0 Å². The van der Waals surface area contributed by atoms with Crippen molar-refractivity contribution in [1.29, 1.82) is 0 Å². The first-order valence-corrected chi connectivity index (χ1v) is 5.53. The van der Waals surface area contributed by atoms with E-state index in [0.29, 0.717) is 11.4 Å². The molecule has 2 rings (SSSR count). The smallest absolute Gasteiger partial charge is 0.255 e. The summed E-state index contributed by atoms with van der Waals surface area (Å²) in [5.74, 6) is 0.795. The molecule has 2 heterocycles. The summed E-state index contributed by atoms with van der Waals surface area (Å²) < 4.78 is 5.61. The SMILES string of the molecule is CC1CCC(c2ncc(CCl)c(=O)[nH]2)O1. The second-order valence-electron chi connectivity index (χ2n) is 3.77. The van der Waals surface area contributed by atoms with E-state index in [2.05, 4.69) is 9.97 Å². The number of nitrogens with one attached hydrogen (secondary N) is 1. The second kappa shape index (κ2) is 4.33. The Labute approximate surface area is 92.6 Å². The minimum atomic E-state index is -0.168. The molecule has 82 valence electrons. The molecule has 5 heteroatoms. The molecule has 1 aromatic rings. The molecule has 0 spiro atoms. The molecule has 1 aromatic heterocycles. The van der Waals surface area contributed by atoms with Crippen LogP contribution in [0.3, 0.4) is 0 Å². The monoisotopic (exact) mass is 228 g/mol. The van der Waals surface area contributed by atoms with Crippen molar-refractivity contribution in [1.82, 2.24) is 9.97 Å². The average Bonchev–Trinajstić information content (AvgIpc) is 2.65. The fourth-order valence-corrected chi connectivity index (χ4v) is 1.89. The van der Waals surface area contributed by atoms with Crippen LogP contribution < -0.4 is 5.56 Å².